The van der Waals surface area contributed by atoms with Crippen LogP contribution in [0.5, 0.6) is 5.75 Å². The third kappa shape index (κ3) is 2.00. The van der Waals surface area contributed by atoms with E-state index in [2.05, 4.69) is 32.0 Å². The van der Waals surface area contributed by atoms with E-state index in [1.165, 1.54) is 24.1 Å². The standard InChI is InChI=1S/C15H13BrN2OS/c16-12-13(8-5-6-8)17-14(18-15(12)20)10-7-19-11-4-2-1-3-9(10)11/h1-4,8,10H,5-7H2,(H,17,18,20). The Balaban J connectivity index is 1.82. The molecular weight excluding hydrogens is 336 g/mol. The number of benzene rings is 1. The Morgan fingerprint density at radius 3 is 2.90 bits per heavy atom. The Kier molecular flexibility index (Phi) is 2.93. The molecule has 20 heavy (non-hydrogen) atoms. The first-order valence-electron chi connectivity index (χ1n) is 6.75. The van der Waals surface area contributed by atoms with Gasteiger partial charge in [-0.15, -0.1) is 0 Å². The van der Waals surface area contributed by atoms with Crippen LogP contribution >= 0.6 is 28.1 Å². The molecule has 1 saturated carbocycles. The lowest BCUT2D eigenvalue weighted by Gasteiger charge is -2.12. The van der Waals surface area contributed by atoms with E-state index >= 15 is 0 Å². The predicted octanol–water partition coefficient (Wildman–Crippen LogP) is 4.30. The Labute approximate surface area is 130 Å². The maximum atomic E-state index is 5.75. The van der Waals surface area contributed by atoms with E-state index < -0.39 is 0 Å². The normalized spacial score (nSPS) is 20.6. The van der Waals surface area contributed by atoms with E-state index in [1.807, 2.05) is 18.2 Å². The molecule has 4 rings (SSSR count). The molecule has 1 N–H and O–H groups in total. The summed E-state index contributed by atoms with van der Waals surface area (Å²) >= 11 is 8.96. The zero-order valence-corrected chi connectivity index (χ0v) is 13.1. The van der Waals surface area contributed by atoms with Gasteiger partial charge in [-0.25, -0.2) is 4.98 Å². The summed E-state index contributed by atoms with van der Waals surface area (Å²) in [5, 5.41) is 0. The van der Waals surface area contributed by atoms with Crippen LogP contribution in [0.4, 0.5) is 0 Å². The van der Waals surface area contributed by atoms with Crippen molar-refractivity contribution in [2.75, 3.05) is 6.61 Å². The number of aromatic nitrogens is 2. The zero-order chi connectivity index (χ0) is 13.7. The smallest absolute Gasteiger partial charge is 0.144 e. The number of aromatic amines is 1. The van der Waals surface area contributed by atoms with Gasteiger partial charge in [-0.3, -0.25) is 0 Å². The van der Waals surface area contributed by atoms with Gasteiger partial charge in [0.15, 0.2) is 0 Å². The van der Waals surface area contributed by atoms with Gasteiger partial charge in [0.05, 0.1) is 10.4 Å². The number of nitrogens with zero attached hydrogens (tertiary/aromatic N) is 1. The first-order chi connectivity index (χ1) is 9.74. The minimum absolute atomic E-state index is 0.151. The Bertz CT molecular complexity index is 739. The highest BCUT2D eigenvalue weighted by Gasteiger charge is 2.31. The summed E-state index contributed by atoms with van der Waals surface area (Å²) in [5.41, 5.74) is 2.39. The number of para-hydroxylation sites is 1. The molecule has 102 valence electrons. The van der Waals surface area contributed by atoms with Crippen LogP contribution in [0.1, 0.15) is 41.8 Å². The SMILES string of the molecule is S=c1nc(C2COc3ccccc32)[nH]c(C2CC2)c1Br. The van der Waals surface area contributed by atoms with Crippen LogP contribution in [0.2, 0.25) is 0 Å². The van der Waals surface area contributed by atoms with E-state index in [4.69, 9.17) is 17.0 Å². The highest BCUT2D eigenvalue weighted by atomic mass is 79.9. The van der Waals surface area contributed by atoms with Crippen molar-refractivity contribution >= 4 is 28.1 Å². The van der Waals surface area contributed by atoms with Crippen molar-refractivity contribution in [2.45, 2.75) is 24.7 Å². The molecule has 0 amide bonds. The molecule has 2 heterocycles. The van der Waals surface area contributed by atoms with Crippen LogP contribution < -0.4 is 4.74 Å². The van der Waals surface area contributed by atoms with Gasteiger partial charge < -0.3 is 9.72 Å². The topological polar surface area (TPSA) is 37.9 Å². The Hall–Kier alpha value is -1.20. The highest BCUT2D eigenvalue weighted by molar-refractivity contribution is 9.10. The first-order valence-corrected chi connectivity index (χ1v) is 7.95. The van der Waals surface area contributed by atoms with Crippen molar-refractivity contribution in [3.63, 3.8) is 0 Å². The fraction of sp³-hybridized carbons (Fsp3) is 0.333. The highest BCUT2D eigenvalue weighted by Crippen LogP contribution is 2.43. The molecule has 0 bridgehead atoms. The lowest BCUT2D eigenvalue weighted by atomic mass is 10.0. The van der Waals surface area contributed by atoms with Crippen LogP contribution in [-0.4, -0.2) is 16.6 Å². The van der Waals surface area contributed by atoms with Crippen LogP contribution in [0.25, 0.3) is 0 Å². The molecule has 1 atom stereocenters. The van der Waals surface area contributed by atoms with Gasteiger partial charge in [0.25, 0.3) is 0 Å². The van der Waals surface area contributed by atoms with Crippen molar-refractivity contribution in [1.82, 2.24) is 9.97 Å². The molecule has 1 unspecified atom stereocenters. The van der Waals surface area contributed by atoms with Crippen molar-refractivity contribution < 1.29 is 4.74 Å². The van der Waals surface area contributed by atoms with Crippen molar-refractivity contribution in [3.8, 4) is 5.75 Å². The maximum Gasteiger partial charge on any atom is 0.144 e. The molecule has 0 spiro atoms. The molecule has 2 aromatic rings. The molecule has 1 aliphatic carbocycles. The van der Waals surface area contributed by atoms with E-state index in [9.17, 15) is 0 Å². The summed E-state index contributed by atoms with van der Waals surface area (Å²) < 4.78 is 7.34. The monoisotopic (exact) mass is 348 g/mol. The molecule has 1 aliphatic heterocycles. The van der Waals surface area contributed by atoms with Crippen LogP contribution in [0.15, 0.2) is 28.7 Å². The molecule has 1 fully saturated rings. The number of nitrogens with one attached hydrogen (secondary N) is 1. The van der Waals surface area contributed by atoms with Crippen molar-refractivity contribution in [1.29, 1.82) is 0 Å². The lowest BCUT2D eigenvalue weighted by molar-refractivity contribution is 0.339. The molecular formula is C15H13BrN2OS. The minimum atomic E-state index is 0.151. The number of ether oxygens (including phenoxy) is 1. The average Bonchev–Trinajstić information content (AvgIpc) is 3.21. The fourth-order valence-corrected chi connectivity index (χ4v) is 3.42. The maximum absolute atomic E-state index is 5.75. The van der Waals surface area contributed by atoms with Gasteiger partial charge in [-0.05, 0) is 34.8 Å². The summed E-state index contributed by atoms with van der Waals surface area (Å²) in [6.07, 6.45) is 2.45. The second-order valence-corrected chi connectivity index (χ2v) is 6.51. The zero-order valence-electron chi connectivity index (χ0n) is 10.7. The van der Waals surface area contributed by atoms with Crippen molar-refractivity contribution in [2.24, 2.45) is 0 Å². The Morgan fingerprint density at radius 1 is 1.30 bits per heavy atom. The molecule has 1 aromatic carbocycles. The van der Waals surface area contributed by atoms with E-state index in [0.29, 0.717) is 17.2 Å². The van der Waals surface area contributed by atoms with E-state index in [0.717, 1.165) is 16.0 Å². The number of fused-ring (bicyclic) bond motifs is 1. The number of hydrogen-bond donors (Lipinski definition) is 1. The van der Waals surface area contributed by atoms with Gasteiger partial charge >= 0.3 is 0 Å². The number of halogens is 1. The third-order valence-electron chi connectivity index (χ3n) is 3.92. The summed E-state index contributed by atoms with van der Waals surface area (Å²) in [4.78, 5) is 8.05. The quantitative estimate of drug-likeness (QED) is 0.822. The molecule has 2 aliphatic rings. The van der Waals surface area contributed by atoms with Crippen LogP contribution in [0.3, 0.4) is 0 Å². The summed E-state index contributed by atoms with van der Waals surface area (Å²) in [7, 11) is 0. The second-order valence-electron chi connectivity index (χ2n) is 5.33. The lowest BCUT2D eigenvalue weighted by Crippen LogP contribution is -2.10. The predicted molar refractivity (Wildman–Crippen MR) is 82.9 cm³/mol. The molecule has 3 nitrogen and oxygen atoms in total. The number of rotatable bonds is 2. The van der Waals surface area contributed by atoms with E-state index in [1.54, 1.807) is 0 Å². The van der Waals surface area contributed by atoms with Gasteiger partial charge in [-0.2, -0.15) is 0 Å². The summed E-state index contributed by atoms with van der Waals surface area (Å²) in [6.45, 7) is 0.628. The number of hydrogen-bond acceptors (Lipinski definition) is 3. The van der Waals surface area contributed by atoms with Crippen molar-refractivity contribution in [3.05, 3.63) is 50.5 Å². The van der Waals surface area contributed by atoms with Gasteiger partial charge in [0, 0.05) is 17.2 Å². The Morgan fingerprint density at radius 2 is 2.10 bits per heavy atom. The largest absolute Gasteiger partial charge is 0.492 e. The first kappa shape index (κ1) is 12.5. The third-order valence-corrected chi connectivity index (χ3v) is 5.29. The van der Waals surface area contributed by atoms with Gasteiger partial charge in [0.2, 0.25) is 0 Å². The summed E-state index contributed by atoms with van der Waals surface area (Å²) in [6, 6.07) is 8.14. The molecule has 0 saturated heterocycles. The van der Waals surface area contributed by atoms with Crippen LogP contribution in [-0.2, 0) is 0 Å². The fourth-order valence-electron chi connectivity index (χ4n) is 2.70. The summed E-state index contributed by atoms with van der Waals surface area (Å²) in [5.74, 6) is 2.63. The molecule has 0 radical (unpaired) electrons. The average molecular weight is 349 g/mol. The second kappa shape index (κ2) is 4.67. The van der Waals surface area contributed by atoms with Gasteiger partial charge in [-0.1, -0.05) is 30.4 Å². The minimum Gasteiger partial charge on any atom is -0.492 e. The molecule has 5 heteroatoms. The number of H-pyrrole nitrogens is 1. The van der Waals surface area contributed by atoms with E-state index in [-0.39, 0.29) is 5.92 Å². The van der Waals surface area contributed by atoms with Gasteiger partial charge in [0.1, 0.15) is 22.8 Å². The van der Waals surface area contributed by atoms with Crippen LogP contribution in [0, 0.1) is 4.64 Å². The molecule has 1 aromatic heterocycles.